The van der Waals surface area contributed by atoms with Crippen molar-refractivity contribution in [3.63, 3.8) is 0 Å². The number of carbonyl (C=O) groups excluding carboxylic acids is 1. The van der Waals surface area contributed by atoms with Crippen LogP contribution >= 0.6 is 0 Å². The molecule has 20 heavy (non-hydrogen) atoms. The number of hydrogen-bond acceptors (Lipinski definition) is 4. The van der Waals surface area contributed by atoms with E-state index in [0.29, 0.717) is 28.3 Å². The Morgan fingerprint density at radius 3 is 2.55 bits per heavy atom. The molecule has 0 saturated heterocycles. The summed E-state index contributed by atoms with van der Waals surface area (Å²) in [5, 5.41) is 11.4. The highest BCUT2D eigenvalue weighted by atomic mass is 16.5. The molecule has 0 saturated carbocycles. The highest BCUT2D eigenvalue weighted by molar-refractivity contribution is 6.07. The van der Waals surface area contributed by atoms with Gasteiger partial charge >= 0.3 is 0 Å². The molecule has 1 amide bonds. The molecule has 3 N–H and O–H groups in total. The SMILES string of the molecule is COc1c(N)cccc1C(=O)Nc1ccc(C#N)cc1. The molecule has 5 nitrogen and oxygen atoms in total. The van der Waals surface area contributed by atoms with E-state index in [-0.39, 0.29) is 5.91 Å². The van der Waals surface area contributed by atoms with Crippen LogP contribution in [-0.4, -0.2) is 13.0 Å². The highest BCUT2D eigenvalue weighted by Gasteiger charge is 2.14. The predicted molar refractivity (Wildman–Crippen MR) is 76.5 cm³/mol. The van der Waals surface area contributed by atoms with Crippen molar-refractivity contribution in [1.82, 2.24) is 0 Å². The van der Waals surface area contributed by atoms with E-state index in [2.05, 4.69) is 5.32 Å². The monoisotopic (exact) mass is 267 g/mol. The Bertz CT molecular complexity index is 673. The van der Waals surface area contributed by atoms with Gasteiger partial charge in [0.2, 0.25) is 0 Å². The van der Waals surface area contributed by atoms with E-state index >= 15 is 0 Å². The Labute approximate surface area is 116 Å². The van der Waals surface area contributed by atoms with Gasteiger partial charge in [0.15, 0.2) is 5.75 Å². The molecular formula is C15H13N3O2. The van der Waals surface area contributed by atoms with E-state index in [1.165, 1.54) is 7.11 Å². The number of nitriles is 1. The Hall–Kier alpha value is -3.00. The molecule has 5 heteroatoms. The summed E-state index contributed by atoms with van der Waals surface area (Å²) in [7, 11) is 1.46. The van der Waals surface area contributed by atoms with Gasteiger partial charge in [0.25, 0.3) is 5.91 Å². The molecule has 0 bridgehead atoms. The van der Waals surface area contributed by atoms with Crippen LogP contribution < -0.4 is 15.8 Å². The Morgan fingerprint density at radius 2 is 1.95 bits per heavy atom. The van der Waals surface area contributed by atoms with Gasteiger partial charge in [-0.3, -0.25) is 4.79 Å². The van der Waals surface area contributed by atoms with Crippen LogP contribution in [0.15, 0.2) is 42.5 Å². The van der Waals surface area contributed by atoms with Gasteiger partial charge in [0.05, 0.1) is 30.0 Å². The number of amides is 1. The van der Waals surface area contributed by atoms with E-state index in [0.717, 1.165) is 0 Å². The number of nitrogen functional groups attached to an aromatic ring is 1. The highest BCUT2D eigenvalue weighted by Crippen LogP contribution is 2.26. The first-order valence-electron chi connectivity index (χ1n) is 5.89. The topological polar surface area (TPSA) is 88.1 Å². The fourth-order valence-electron chi connectivity index (χ4n) is 1.79. The summed E-state index contributed by atoms with van der Waals surface area (Å²) in [6, 6.07) is 13.6. The summed E-state index contributed by atoms with van der Waals surface area (Å²) in [4.78, 5) is 12.2. The van der Waals surface area contributed by atoms with Gasteiger partial charge < -0.3 is 15.8 Å². The second-order valence-electron chi connectivity index (χ2n) is 4.07. The molecule has 0 aromatic heterocycles. The van der Waals surface area contributed by atoms with Gasteiger partial charge in [-0.25, -0.2) is 0 Å². The first-order chi connectivity index (χ1) is 9.65. The third-order valence-electron chi connectivity index (χ3n) is 2.77. The minimum atomic E-state index is -0.321. The maximum atomic E-state index is 12.2. The van der Waals surface area contributed by atoms with Crippen LogP contribution in [0.1, 0.15) is 15.9 Å². The number of carbonyl (C=O) groups is 1. The Morgan fingerprint density at radius 1 is 1.25 bits per heavy atom. The van der Waals surface area contributed by atoms with Crippen LogP contribution in [-0.2, 0) is 0 Å². The summed E-state index contributed by atoms with van der Waals surface area (Å²) in [6.45, 7) is 0. The third kappa shape index (κ3) is 2.70. The lowest BCUT2D eigenvalue weighted by Crippen LogP contribution is -2.13. The summed E-state index contributed by atoms with van der Waals surface area (Å²) in [5.74, 6) is 0.0255. The predicted octanol–water partition coefficient (Wildman–Crippen LogP) is 2.40. The van der Waals surface area contributed by atoms with E-state index in [9.17, 15) is 4.79 Å². The number of anilines is 2. The van der Waals surface area contributed by atoms with Gasteiger partial charge in [0, 0.05) is 5.69 Å². The van der Waals surface area contributed by atoms with Gasteiger partial charge in [-0.2, -0.15) is 5.26 Å². The van der Waals surface area contributed by atoms with Crippen molar-refractivity contribution >= 4 is 17.3 Å². The second kappa shape index (κ2) is 5.76. The minimum absolute atomic E-state index is 0.321. The number of nitrogens with zero attached hydrogens (tertiary/aromatic N) is 1. The van der Waals surface area contributed by atoms with Gasteiger partial charge in [0.1, 0.15) is 0 Å². The zero-order valence-corrected chi connectivity index (χ0v) is 10.9. The number of nitrogens with two attached hydrogens (primary N) is 1. The number of benzene rings is 2. The minimum Gasteiger partial charge on any atom is -0.494 e. The Kier molecular flexibility index (Phi) is 3.87. The second-order valence-corrected chi connectivity index (χ2v) is 4.07. The van der Waals surface area contributed by atoms with Gasteiger partial charge in [-0.1, -0.05) is 6.07 Å². The van der Waals surface area contributed by atoms with E-state index < -0.39 is 0 Å². The van der Waals surface area contributed by atoms with Crippen molar-refractivity contribution in [1.29, 1.82) is 5.26 Å². The first-order valence-corrected chi connectivity index (χ1v) is 5.89. The molecular weight excluding hydrogens is 254 g/mol. The number of rotatable bonds is 3. The van der Waals surface area contributed by atoms with Crippen LogP contribution in [0.3, 0.4) is 0 Å². The van der Waals surface area contributed by atoms with E-state index in [1.807, 2.05) is 6.07 Å². The van der Waals surface area contributed by atoms with Crippen LogP contribution in [0.2, 0.25) is 0 Å². The molecule has 0 aliphatic carbocycles. The summed E-state index contributed by atoms with van der Waals surface area (Å²) >= 11 is 0. The average molecular weight is 267 g/mol. The van der Waals surface area contributed by atoms with Crippen molar-refractivity contribution in [3.05, 3.63) is 53.6 Å². The molecule has 0 fully saturated rings. The van der Waals surface area contributed by atoms with Crippen LogP contribution in [0.5, 0.6) is 5.75 Å². The normalized spacial score (nSPS) is 9.60. The lowest BCUT2D eigenvalue weighted by atomic mass is 10.1. The van der Waals surface area contributed by atoms with Crippen LogP contribution in [0.4, 0.5) is 11.4 Å². The standard InChI is InChI=1S/C15H13N3O2/c1-20-14-12(3-2-4-13(14)17)15(19)18-11-7-5-10(9-16)6-8-11/h2-8H,17H2,1H3,(H,18,19). The number of nitrogens with one attached hydrogen (secondary N) is 1. The third-order valence-corrected chi connectivity index (χ3v) is 2.77. The molecule has 0 aliphatic rings. The number of hydrogen-bond donors (Lipinski definition) is 2. The molecule has 0 aliphatic heterocycles. The molecule has 100 valence electrons. The molecule has 0 unspecified atom stereocenters. The molecule has 0 spiro atoms. The van der Waals surface area contributed by atoms with E-state index in [4.69, 9.17) is 15.7 Å². The fourth-order valence-corrected chi connectivity index (χ4v) is 1.79. The van der Waals surface area contributed by atoms with Crippen molar-refractivity contribution in [2.75, 3.05) is 18.2 Å². The van der Waals surface area contributed by atoms with Crippen molar-refractivity contribution in [3.8, 4) is 11.8 Å². The maximum Gasteiger partial charge on any atom is 0.259 e. The summed E-state index contributed by atoms with van der Waals surface area (Å²) in [6.07, 6.45) is 0. The van der Waals surface area contributed by atoms with Gasteiger partial charge in [-0.15, -0.1) is 0 Å². The average Bonchev–Trinajstić information content (AvgIpc) is 2.47. The largest absolute Gasteiger partial charge is 0.494 e. The van der Waals surface area contributed by atoms with Crippen LogP contribution in [0.25, 0.3) is 0 Å². The Balaban J connectivity index is 2.24. The van der Waals surface area contributed by atoms with E-state index in [1.54, 1.807) is 42.5 Å². The zero-order chi connectivity index (χ0) is 14.5. The molecule has 0 heterocycles. The zero-order valence-electron chi connectivity index (χ0n) is 10.9. The first kappa shape index (κ1) is 13.4. The van der Waals surface area contributed by atoms with Crippen molar-refractivity contribution in [2.24, 2.45) is 0 Å². The maximum absolute atomic E-state index is 12.2. The molecule has 2 rings (SSSR count). The van der Waals surface area contributed by atoms with Crippen molar-refractivity contribution in [2.45, 2.75) is 0 Å². The number of methoxy groups -OCH3 is 1. The lowest BCUT2D eigenvalue weighted by molar-refractivity contribution is 0.102. The molecule has 0 radical (unpaired) electrons. The summed E-state index contributed by atoms with van der Waals surface area (Å²) < 4.78 is 5.14. The quantitative estimate of drug-likeness (QED) is 0.836. The smallest absolute Gasteiger partial charge is 0.259 e. The van der Waals surface area contributed by atoms with Gasteiger partial charge in [-0.05, 0) is 36.4 Å². The number of ether oxygens (including phenoxy) is 1. The fraction of sp³-hybridized carbons (Fsp3) is 0.0667. The van der Waals surface area contributed by atoms with Crippen molar-refractivity contribution < 1.29 is 9.53 Å². The van der Waals surface area contributed by atoms with Crippen LogP contribution in [0, 0.1) is 11.3 Å². The number of para-hydroxylation sites is 1. The molecule has 2 aromatic carbocycles. The lowest BCUT2D eigenvalue weighted by Gasteiger charge is -2.11. The molecule has 2 aromatic rings. The molecule has 0 atom stereocenters. The summed E-state index contributed by atoms with van der Waals surface area (Å²) in [5.41, 5.74) is 7.65.